The van der Waals surface area contributed by atoms with Crippen LogP contribution in [0.4, 0.5) is 5.69 Å². The summed E-state index contributed by atoms with van der Waals surface area (Å²) in [5, 5.41) is 2.78. The average molecular weight is 419 g/mol. The molecule has 1 N–H and O–H groups in total. The van der Waals surface area contributed by atoms with E-state index in [1.165, 1.54) is 26.2 Å². The number of amides is 1. The third-order valence-electron chi connectivity index (χ3n) is 4.63. The molecule has 1 atom stereocenters. The zero-order valence-electron chi connectivity index (χ0n) is 18.1. The summed E-state index contributed by atoms with van der Waals surface area (Å²) in [6.07, 6.45) is -0.751. The Hall–Kier alpha value is -2.38. The monoisotopic (exact) mass is 418 g/mol. The lowest BCUT2D eigenvalue weighted by Crippen LogP contribution is -2.30. The van der Waals surface area contributed by atoms with Gasteiger partial charge in [-0.2, -0.15) is 0 Å². The summed E-state index contributed by atoms with van der Waals surface area (Å²) >= 11 is 0. The summed E-state index contributed by atoms with van der Waals surface area (Å²) in [4.78, 5) is 12.8. The highest BCUT2D eigenvalue weighted by atomic mass is 32.2. The van der Waals surface area contributed by atoms with Crippen LogP contribution < -0.4 is 10.1 Å². The molecule has 6 nitrogen and oxygen atoms in total. The van der Waals surface area contributed by atoms with Gasteiger partial charge in [0.2, 0.25) is 10.0 Å². The van der Waals surface area contributed by atoms with Crippen LogP contribution in [0.5, 0.6) is 5.75 Å². The number of hydrogen-bond acceptors (Lipinski definition) is 4. The van der Waals surface area contributed by atoms with E-state index in [2.05, 4.69) is 26.1 Å². The van der Waals surface area contributed by atoms with Crippen molar-refractivity contribution in [3.63, 3.8) is 0 Å². The van der Waals surface area contributed by atoms with Gasteiger partial charge in [0.25, 0.3) is 5.91 Å². The van der Waals surface area contributed by atoms with E-state index in [1.54, 1.807) is 19.9 Å². The smallest absolute Gasteiger partial charge is 0.265 e. The first kappa shape index (κ1) is 22.9. The van der Waals surface area contributed by atoms with Crippen molar-refractivity contribution in [3.05, 3.63) is 53.6 Å². The maximum absolute atomic E-state index is 12.6. The minimum Gasteiger partial charge on any atom is -0.481 e. The molecule has 0 heterocycles. The van der Waals surface area contributed by atoms with Gasteiger partial charge in [-0.15, -0.1) is 0 Å². The Kier molecular flexibility index (Phi) is 6.75. The number of hydrogen-bond donors (Lipinski definition) is 1. The molecule has 0 aliphatic heterocycles. The molecule has 0 aliphatic carbocycles. The van der Waals surface area contributed by atoms with Gasteiger partial charge in [-0.1, -0.05) is 39.0 Å². The van der Waals surface area contributed by atoms with E-state index in [0.29, 0.717) is 11.4 Å². The lowest BCUT2D eigenvalue weighted by Gasteiger charge is -2.21. The second-order valence-electron chi connectivity index (χ2n) is 8.29. The number of carbonyl (C=O) groups excluding carboxylic acids is 1. The van der Waals surface area contributed by atoms with Gasteiger partial charge in [0.05, 0.1) is 4.90 Å². The molecule has 0 saturated heterocycles. The summed E-state index contributed by atoms with van der Waals surface area (Å²) in [5.41, 5.74) is 2.29. The molecule has 0 saturated carbocycles. The number of rotatable bonds is 6. The van der Waals surface area contributed by atoms with Gasteiger partial charge < -0.3 is 10.1 Å². The molecule has 2 rings (SSSR count). The summed E-state index contributed by atoms with van der Waals surface area (Å²) in [5.74, 6) is 0.259. The highest BCUT2D eigenvalue weighted by Crippen LogP contribution is 2.26. The van der Waals surface area contributed by atoms with Crippen molar-refractivity contribution >= 4 is 21.6 Å². The molecular formula is C22H30N2O4S. The number of ether oxygens (including phenoxy) is 1. The molecule has 0 aliphatic rings. The summed E-state index contributed by atoms with van der Waals surface area (Å²) in [6, 6.07) is 12.3. The Labute approximate surface area is 173 Å². The van der Waals surface area contributed by atoms with Crippen LogP contribution in [0.2, 0.25) is 0 Å². The predicted molar refractivity (Wildman–Crippen MR) is 116 cm³/mol. The van der Waals surface area contributed by atoms with Crippen molar-refractivity contribution in [1.82, 2.24) is 4.31 Å². The first-order valence-corrected chi connectivity index (χ1v) is 10.9. The second-order valence-corrected chi connectivity index (χ2v) is 10.4. The highest BCUT2D eigenvalue weighted by molar-refractivity contribution is 7.89. The Bertz CT molecular complexity index is 992. The summed E-state index contributed by atoms with van der Waals surface area (Å²) < 4.78 is 31.7. The Morgan fingerprint density at radius 3 is 2.34 bits per heavy atom. The molecule has 1 unspecified atom stereocenters. The molecule has 0 bridgehead atoms. The molecule has 1 amide bonds. The molecule has 0 fully saturated rings. The van der Waals surface area contributed by atoms with Crippen LogP contribution in [0.1, 0.15) is 38.8 Å². The van der Waals surface area contributed by atoms with E-state index in [0.717, 1.165) is 15.4 Å². The molecule has 0 spiro atoms. The van der Waals surface area contributed by atoms with Gasteiger partial charge in [0.15, 0.2) is 6.10 Å². The number of benzene rings is 2. The van der Waals surface area contributed by atoms with E-state index in [1.807, 2.05) is 24.3 Å². The van der Waals surface area contributed by atoms with Crippen LogP contribution in [0.25, 0.3) is 0 Å². The van der Waals surface area contributed by atoms with Crippen molar-refractivity contribution in [1.29, 1.82) is 0 Å². The van der Waals surface area contributed by atoms with Crippen LogP contribution >= 0.6 is 0 Å². The van der Waals surface area contributed by atoms with E-state index < -0.39 is 16.1 Å². The van der Waals surface area contributed by atoms with Crippen LogP contribution in [-0.4, -0.2) is 38.8 Å². The Morgan fingerprint density at radius 1 is 1.10 bits per heavy atom. The third-order valence-corrected chi connectivity index (χ3v) is 6.44. The zero-order chi connectivity index (χ0) is 22.0. The van der Waals surface area contributed by atoms with Crippen molar-refractivity contribution < 1.29 is 17.9 Å². The number of nitrogens with one attached hydrogen (secondary N) is 1. The highest BCUT2D eigenvalue weighted by Gasteiger charge is 2.21. The molecule has 2 aromatic carbocycles. The normalized spacial score (nSPS) is 13.2. The van der Waals surface area contributed by atoms with E-state index >= 15 is 0 Å². The van der Waals surface area contributed by atoms with E-state index in [-0.39, 0.29) is 16.2 Å². The largest absolute Gasteiger partial charge is 0.481 e. The van der Waals surface area contributed by atoms with Crippen LogP contribution in [0, 0.1) is 6.92 Å². The van der Waals surface area contributed by atoms with Crippen LogP contribution in [0.3, 0.4) is 0 Å². The topological polar surface area (TPSA) is 75.7 Å². The standard InChI is InChI=1S/C22H30N2O4S/c1-15-11-12-19(29(26,27)24(6)7)14-20(15)23-21(25)16(2)28-18-10-8-9-17(13-18)22(3,4)5/h8-14,16H,1-7H3,(H,23,25). The third kappa shape index (κ3) is 5.58. The van der Waals surface area contributed by atoms with Gasteiger partial charge in [-0.05, 0) is 54.7 Å². The quantitative estimate of drug-likeness (QED) is 0.771. The maximum Gasteiger partial charge on any atom is 0.265 e. The first-order valence-electron chi connectivity index (χ1n) is 9.43. The number of aryl methyl sites for hydroxylation is 1. The van der Waals surface area contributed by atoms with E-state index in [9.17, 15) is 13.2 Å². The predicted octanol–water partition coefficient (Wildman–Crippen LogP) is 3.95. The number of anilines is 1. The Balaban J connectivity index is 2.18. The molecule has 0 aromatic heterocycles. The van der Waals surface area contributed by atoms with Gasteiger partial charge in [0.1, 0.15) is 5.75 Å². The molecular weight excluding hydrogens is 388 g/mol. The lowest BCUT2D eigenvalue weighted by atomic mass is 9.87. The minimum absolute atomic E-state index is 0.0274. The molecule has 0 radical (unpaired) electrons. The van der Waals surface area contributed by atoms with Gasteiger partial charge in [-0.3, -0.25) is 4.79 Å². The fourth-order valence-electron chi connectivity index (χ4n) is 2.63. The first-order chi connectivity index (χ1) is 13.3. The van der Waals surface area contributed by atoms with Crippen LogP contribution in [0.15, 0.2) is 47.4 Å². The van der Waals surface area contributed by atoms with E-state index in [4.69, 9.17) is 4.74 Å². The lowest BCUT2D eigenvalue weighted by molar-refractivity contribution is -0.122. The fraction of sp³-hybridized carbons (Fsp3) is 0.409. The number of carbonyl (C=O) groups is 1. The molecule has 2 aromatic rings. The number of nitrogens with zero attached hydrogens (tertiary/aromatic N) is 1. The summed E-state index contributed by atoms with van der Waals surface area (Å²) in [6.45, 7) is 9.80. The molecule has 7 heteroatoms. The van der Waals surface area contributed by atoms with Crippen molar-refractivity contribution in [2.24, 2.45) is 0 Å². The Morgan fingerprint density at radius 2 is 1.76 bits per heavy atom. The summed E-state index contributed by atoms with van der Waals surface area (Å²) in [7, 11) is -0.654. The van der Waals surface area contributed by atoms with Crippen molar-refractivity contribution in [2.45, 2.75) is 51.0 Å². The molecule has 158 valence electrons. The average Bonchev–Trinajstić information content (AvgIpc) is 2.62. The zero-order valence-corrected chi connectivity index (χ0v) is 18.9. The maximum atomic E-state index is 12.6. The minimum atomic E-state index is -3.59. The second kappa shape index (κ2) is 8.55. The van der Waals surface area contributed by atoms with Gasteiger partial charge in [0, 0.05) is 19.8 Å². The molecule has 29 heavy (non-hydrogen) atoms. The van der Waals surface area contributed by atoms with Crippen LogP contribution in [-0.2, 0) is 20.2 Å². The van der Waals surface area contributed by atoms with Gasteiger partial charge >= 0.3 is 0 Å². The number of sulfonamides is 1. The SMILES string of the molecule is Cc1ccc(S(=O)(=O)N(C)C)cc1NC(=O)C(C)Oc1cccc(C(C)(C)C)c1. The van der Waals surface area contributed by atoms with Gasteiger partial charge in [-0.25, -0.2) is 12.7 Å². The fourth-order valence-corrected chi connectivity index (χ4v) is 3.56. The van der Waals surface area contributed by atoms with Crippen molar-refractivity contribution in [3.8, 4) is 5.75 Å². The van der Waals surface area contributed by atoms with Crippen molar-refractivity contribution in [2.75, 3.05) is 19.4 Å².